The molecule has 1 N–H and O–H groups in total. The van der Waals surface area contributed by atoms with E-state index >= 15 is 0 Å². The number of amides is 1. The Morgan fingerprint density at radius 1 is 1.03 bits per heavy atom. The molecular formula is C25H29N2O4+. The highest BCUT2D eigenvalue weighted by molar-refractivity contribution is 5.99. The minimum absolute atomic E-state index is 0.148. The molecule has 6 nitrogen and oxygen atoms in total. The molecule has 0 aliphatic carbocycles. The van der Waals surface area contributed by atoms with Crippen molar-refractivity contribution in [2.24, 2.45) is 0 Å². The lowest BCUT2D eigenvalue weighted by atomic mass is 9.97. The quantitative estimate of drug-likeness (QED) is 0.607. The third-order valence-corrected chi connectivity index (χ3v) is 6.24. The molecular weight excluding hydrogens is 392 g/mol. The molecule has 0 saturated carbocycles. The van der Waals surface area contributed by atoms with E-state index in [1.54, 1.807) is 30.2 Å². The van der Waals surface area contributed by atoms with Gasteiger partial charge in [0.1, 0.15) is 11.3 Å². The van der Waals surface area contributed by atoms with Crippen LogP contribution in [0.25, 0.3) is 11.0 Å². The summed E-state index contributed by atoms with van der Waals surface area (Å²) in [6.07, 6.45) is 0.843. The van der Waals surface area contributed by atoms with E-state index in [9.17, 15) is 9.59 Å². The molecule has 1 aliphatic heterocycles. The topological polar surface area (TPSA) is 64.2 Å². The van der Waals surface area contributed by atoms with Crippen LogP contribution in [0.1, 0.15) is 48.0 Å². The third-order valence-electron chi connectivity index (χ3n) is 6.24. The molecule has 6 heteroatoms. The fraction of sp³-hybridized carbons (Fsp3) is 0.360. The highest BCUT2D eigenvalue weighted by Crippen LogP contribution is 2.41. The maximum absolute atomic E-state index is 13.5. The van der Waals surface area contributed by atoms with Crippen molar-refractivity contribution in [1.29, 1.82) is 0 Å². The molecule has 0 radical (unpaired) electrons. The van der Waals surface area contributed by atoms with Crippen LogP contribution in [0, 0.1) is 0 Å². The Kier molecular flexibility index (Phi) is 6.09. The molecule has 0 bridgehead atoms. The van der Waals surface area contributed by atoms with Gasteiger partial charge in [-0.15, -0.1) is 0 Å². The first-order valence-electron chi connectivity index (χ1n) is 10.9. The molecule has 0 saturated heterocycles. The summed E-state index contributed by atoms with van der Waals surface area (Å²) < 4.78 is 11.6. The number of methoxy groups -OCH3 is 1. The number of carbonyl (C=O) groups is 1. The van der Waals surface area contributed by atoms with Crippen molar-refractivity contribution in [3.63, 3.8) is 0 Å². The van der Waals surface area contributed by atoms with Gasteiger partial charge in [0.05, 0.1) is 43.7 Å². The number of nitrogens with one attached hydrogen (secondary N) is 1. The summed E-state index contributed by atoms with van der Waals surface area (Å²) in [5.74, 6) is 0.568. The van der Waals surface area contributed by atoms with Crippen LogP contribution in [0.5, 0.6) is 5.75 Å². The summed E-state index contributed by atoms with van der Waals surface area (Å²) in [6.45, 7) is 7.95. The first kappa shape index (κ1) is 21.1. The van der Waals surface area contributed by atoms with E-state index in [1.165, 1.54) is 4.90 Å². The highest BCUT2D eigenvalue weighted by atomic mass is 16.5. The van der Waals surface area contributed by atoms with E-state index in [0.717, 1.165) is 31.6 Å². The third kappa shape index (κ3) is 3.72. The number of quaternary nitrogens is 1. The van der Waals surface area contributed by atoms with Crippen LogP contribution < -0.4 is 15.1 Å². The number of hydrogen-bond donors (Lipinski definition) is 1. The number of rotatable bonds is 8. The van der Waals surface area contributed by atoms with Gasteiger partial charge in [0.2, 0.25) is 5.76 Å². The molecule has 162 valence electrons. The predicted molar refractivity (Wildman–Crippen MR) is 120 cm³/mol. The Balaban J connectivity index is 1.82. The van der Waals surface area contributed by atoms with Gasteiger partial charge in [-0.05, 0) is 32.0 Å². The molecule has 1 amide bonds. The van der Waals surface area contributed by atoms with Crippen LogP contribution in [0.15, 0.2) is 57.7 Å². The zero-order chi connectivity index (χ0) is 22.0. The molecule has 1 aromatic heterocycles. The van der Waals surface area contributed by atoms with Gasteiger partial charge < -0.3 is 19.0 Å². The second-order valence-corrected chi connectivity index (χ2v) is 7.87. The zero-order valence-electron chi connectivity index (χ0n) is 18.3. The normalized spacial score (nSPS) is 15.7. The van der Waals surface area contributed by atoms with E-state index in [0.29, 0.717) is 28.8 Å². The largest absolute Gasteiger partial charge is 0.496 e. The zero-order valence-corrected chi connectivity index (χ0v) is 18.3. The smallest absolute Gasteiger partial charge is 0.290 e. The summed E-state index contributed by atoms with van der Waals surface area (Å²) in [6, 6.07) is 14.1. The lowest BCUT2D eigenvalue weighted by Gasteiger charge is -2.27. The van der Waals surface area contributed by atoms with Gasteiger partial charge in [-0.2, -0.15) is 0 Å². The first-order chi connectivity index (χ1) is 15.1. The Hall–Kier alpha value is -3.12. The van der Waals surface area contributed by atoms with Gasteiger partial charge in [-0.25, -0.2) is 0 Å². The highest BCUT2D eigenvalue weighted by Gasteiger charge is 2.43. The monoisotopic (exact) mass is 421 g/mol. The Morgan fingerprint density at radius 2 is 1.74 bits per heavy atom. The molecule has 31 heavy (non-hydrogen) atoms. The van der Waals surface area contributed by atoms with Gasteiger partial charge >= 0.3 is 0 Å². The summed E-state index contributed by atoms with van der Waals surface area (Å²) in [5.41, 5.74) is 1.49. The number of para-hydroxylation sites is 2. The summed E-state index contributed by atoms with van der Waals surface area (Å²) in [7, 11) is 1.60. The van der Waals surface area contributed by atoms with Crippen molar-refractivity contribution in [2.45, 2.75) is 26.3 Å². The minimum Gasteiger partial charge on any atom is -0.496 e. The van der Waals surface area contributed by atoms with Crippen molar-refractivity contribution < 1.29 is 18.8 Å². The second kappa shape index (κ2) is 8.94. The van der Waals surface area contributed by atoms with Crippen LogP contribution in [0.2, 0.25) is 0 Å². The number of ether oxygens (including phenoxy) is 1. The molecule has 2 aromatic carbocycles. The summed E-state index contributed by atoms with van der Waals surface area (Å²) in [5, 5.41) is 0.489. The van der Waals surface area contributed by atoms with Gasteiger partial charge in [-0.3, -0.25) is 9.59 Å². The average Bonchev–Trinajstić information content (AvgIpc) is 3.08. The Morgan fingerprint density at radius 3 is 2.48 bits per heavy atom. The summed E-state index contributed by atoms with van der Waals surface area (Å²) in [4.78, 5) is 30.2. The molecule has 1 aliphatic rings. The van der Waals surface area contributed by atoms with Crippen molar-refractivity contribution >= 4 is 16.9 Å². The fourth-order valence-electron chi connectivity index (χ4n) is 4.52. The number of hydrogen-bond acceptors (Lipinski definition) is 4. The number of fused-ring (bicyclic) bond motifs is 2. The molecule has 0 fully saturated rings. The van der Waals surface area contributed by atoms with Crippen molar-refractivity contribution in [2.75, 3.05) is 33.3 Å². The lowest BCUT2D eigenvalue weighted by Crippen LogP contribution is -3.11. The molecule has 0 unspecified atom stereocenters. The SMILES string of the molecule is CC[NH+](CC)CCCN1C(=O)c2oc3ccccc3c(=O)c2[C@@H]1c1ccccc1OC. The van der Waals surface area contributed by atoms with Crippen LogP contribution >= 0.6 is 0 Å². The predicted octanol–water partition coefficient (Wildman–Crippen LogP) is 2.66. The Bertz CT molecular complexity index is 1150. The van der Waals surface area contributed by atoms with Gasteiger partial charge in [0, 0.05) is 18.5 Å². The average molecular weight is 422 g/mol. The van der Waals surface area contributed by atoms with E-state index in [-0.39, 0.29) is 17.1 Å². The molecule has 3 aromatic rings. The molecule has 1 atom stereocenters. The summed E-state index contributed by atoms with van der Waals surface area (Å²) >= 11 is 0. The van der Waals surface area contributed by atoms with Gasteiger partial charge in [-0.1, -0.05) is 30.3 Å². The van der Waals surface area contributed by atoms with Crippen molar-refractivity contribution in [1.82, 2.24) is 4.90 Å². The standard InChI is InChI=1S/C25H28N2O4/c1-4-26(5-2)15-10-16-27-22(17-11-6-8-13-19(17)30-3)21-23(28)18-12-7-9-14-20(18)31-24(21)25(27)29/h6-9,11-14,22H,4-5,10,15-16H2,1-3H3/p+1/t22-/m0/s1. The number of nitrogens with zero attached hydrogens (tertiary/aromatic N) is 1. The van der Waals surface area contributed by atoms with Crippen LogP contribution in [0.3, 0.4) is 0 Å². The van der Waals surface area contributed by atoms with E-state index in [1.807, 2.05) is 30.3 Å². The van der Waals surface area contributed by atoms with E-state index < -0.39 is 6.04 Å². The lowest BCUT2D eigenvalue weighted by molar-refractivity contribution is -0.896. The number of benzene rings is 2. The Labute approximate surface area is 182 Å². The molecule has 0 spiro atoms. The fourth-order valence-corrected chi connectivity index (χ4v) is 4.52. The van der Waals surface area contributed by atoms with Crippen LogP contribution in [-0.4, -0.2) is 44.1 Å². The van der Waals surface area contributed by atoms with Gasteiger partial charge in [0.25, 0.3) is 5.91 Å². The van der Waals surface area contributed by atoms with E-state index in [4.69, 9.17) is 9.15 Å². The maximum atomic E-state index is 13.5. The second-order valence-electron chi connectivity index (χ2n) is 7.87. The van der Waals surface area contributed by atoms with Crippen molar-refractivity contribution in [3.05, 3.63) is 75.6 Å². The van der Waals surface area contributed by atoms with E-state index in [2.05, 4.69) is 13.8 Å². The van der Waals surface area contributed by atoms with Gasteiger partial charge in [0.15, 0.2) is 5.43 Å². The maximum Gasteiger partial charge on any atom is 0.290 e. The first-order valence-corrected chi connectivity index (χ1v) is 10.9. The molecule has 2 heterocycles. The molecule has 4 rings (SSSR count). The minimum atomic E-state index is -0.522. The van der Waals surface area contributed by atoms with Crippen molar-refractivity contribution in [3.8, 4) is 5.75 Å². The number of carbonyl (C=O) groups excluding carboxylic acids is 1. The van der Waals surface area contributed by atoms with Crippen LogP contribution in [0.4, 0.5) is 0 Å². The van der Waals surface area contributed by atoms with Crippen LogP contribution in [-0.2, 0) is 0 Å².